The molecule has 29 heavy (non-hydrogen) atoms. The fourth-order valence-corrected chi connectivity index (χ4v) is 3.35. The van der Waals surface area contributed by atoms with E-state index in [0.717, 1.165) is 22.8 Å². The second kappa shape index (κ2) is 7.67. The van der Waals surface area contributed by atoms with E-state index in [-0.39, 0.29) is 5.91 Å². The van der Waals surface area contributed by atoms with Gasteiger partial charge < -0.3 is 20.1 Å². The molecule has 0 bridgehead atoms. The molecule has 8 nitrogen and oxygen atoms in total. The van der Waals surface area contributed by atoms with Gasteiger partial charge in [0, 0.05) is 11.4 Å². The molecule has 1 amide bonds. The van der Waals surface area contributed by atoms with E-state index in [2.05, 4.69) is 20.7 Å². The van der Waals surface area contributed by atoms with Gasteiger partial charge in [-0.1, -0.05) is 12.1 Å². The van der Waals surface area contributed by atoms with E-state index in [0.29, 0.717) is 17.2 Å². The molecule has 0 unspecified atom stereocenters. The Hall–Kier alpha value is -3.81. The highest BCUT2D eigenvalue weighted by Gasteiger charge is 2.33. The van der Waals surface area contributed by atoms with Crippen LogP contribution in [0, 0.1) is 0 Å². The van der Waals surface area contributed by atoms with Crippen molar-refractivity contribution in [1.82, 2.24) is 14.8 Å². The number of allylic oxidation sites excluding steroid dienone is 1. The van der Waals surface area contributed by atoms with Gasteiger partial charge in [-0.25, -0.2) is 4.68 Å². The maximum Gasteiger partial charge on any atom is 0.255 e. The third kappa shape index (κ3) is 3.52. The Kier molecular flexibility index (Phi) is 4.90. The molecule has 1 aromatic heterocycles. The molecule has 3 aromatic rings. The molecular formula is C21H21N5O3. The molecule has 0 aliphatic carbocycles. The van der Waals surface area contributed by atoms with Crippen LogP contribution in [-0.4, -0.2) is 34.9 Å². The van der Waals surface area contributed by atoms with Crippen LogP contribution < -0.4 is 20.1 Å². The Morgan fingerprint density at radius 3 is 2.28 bits per heavy atom. The summed E-state index contributed by atoms with van der Waals surface area (Å²) in [4.78, 5) is 17.5. The first-order valence-corrected chi connectivity index (χ1v) is 9.07. The van der Waals surface area contributed by atoms with Crippen molar-refractivity contribution >= 4 is 17.5 Å². The standard InChI is InChI=1S/C21H21N5O3/c1-13-18(20(27)25-15-6-10-17(29-3)11-7-15)19(26-21(24-13)22-12-23-26)14-4-8-16(28-2)9-5-14/h4-12,19H,1-3H3,(H,25,27)(H,22,23,24)/t19-/m1/s1. The van der Waals surface area contributed by atoms with Crippen LogP contribution in [0.2, 0.25) is 0 Å². The van der Waals surface area contributed by atoms with Gasteiger partial charge in [0.15, 0.2) is 0 Å². The zero-order valence-electron chi connectivity index (χ0n) is 16.3. The molecule has 2 aromatic carbocycles. The fourth-order valence-electron chi connectivity index (χ4n) is 3.35. The first kappa shape index (κ1) is 18.5. The minimum absolute atomic E-state index is 0.220. The summed E-state index contributed by atoms with van der Waals surface area (Å²) >= 11 is 0. The monoisotopic (exact) mass is 391 g/mol. The number of hydrogen-bond acceptors (Lipinski definition) is 6. The number of nitrogens with one attached hydrogen (secondary N) is 2. The summed E-state index contributed by atoms with van der Waals surface area (Å²) in [5.41, 5.74) is 2.86. The molecule has 0 fully saturated rings. The molecule has 2 N–H and O–H groups in total. The van der Waals surface area contributed by atoms with Crippen LogP contribution in [0.15, 0.2) is 66.1 Å². The second-order valence-electron chi connectivity index (χ2n) is 6.55. The Labute approximate surface area is 168 Å². The molecule has 148 valence electrons. The first-order chi connectivity index (χ1) is 14.1. The number of carbonyl (C=O) groups is 1. The summed E-state index contributed by atoms with van der Waals surface area (Å²) in [7, 11) is 3.22. The number of hydrogen-bond donors (Lipinski definition) is 2. The molecule has 1 atom stereocenters. The summed E-state index contributed by atoms with van der Waals surface area (Å²) in [6.45, 7) is 1.86. The van der Waals surface area contributed by atoms with Crippen molar-refractivity contribution in [2.24, 2.45) is 0 Å². The van der Waals surface area contributed by atoms with Crippen LogP contribution in [-0.2, 0) is 4.79 Å². The summed E-state index contributed by atoms with van der Waals surface area (Å²) in [5, 5.41) is 10.5. The Morgan fingerprint density at radius 1 is 1.03 bits per heavy atom. The normalized spacial score (nSPS) is 15.3. The van der Waals surface area contributed by atoms with Gasteiger partial charge in [0.1, 0.15) is 23.9 Å². The lowest BCUT2D eigenvalue weighted by atomic mass is 9.95. The molecule has 1 aliphatic rings. The van der Waals surface area contributed by atoms with Gasteiger partial charge in [-0.2, -0.15) is 10.1 Å². The molecule has 1 aliphatic heterocycles. The molecule has 0 radical (unpaired) electrons. The first-order valence-electron chi connectivity index (χ1n) is 9.07. The number of anilines is 2. The van der Waals surface area contributed by atoms with E-state index in [9.17, 15) is 4.79 Å². The number of ether oxygens (including phenoxy) is 2. The number of benzene rings is 2. The smallest absolute Gasteiger partial charge is 0.255 e. The van der Waals surface area contributed by atoms with Gasteiger partial charge >= 0.3 is 0 Å². The molecule has 2 heterocycles. The topological polar surface area (TPSA) is 90.3 Å². The minimum Gasteiger partial charge on any atom is -0.497 e. The van der Waals surface area contributed by atoms with Crippen LogP contribution in [0.3, 0.4) is 0 Å². The SMILES string of the molecule is COc1ccc(NC(=O)C2=C(C)Nc3ncnn3[C@@H]2c2ccc(OC)cc2)cc1. The zero-order valence-corrected chi connectivity index (χ0v) is 16.3. The molecule has 0 saturated heterocycles. The van der Waals surface area contributed by atoms with E-state index in [4.69, 9.17) is 9.47 Å². The lowest BCUT2D eigenvalue weighted by molar-refractivity contribution is -0.113. The maximum absolute atomic E-state index is 13.2. The van der Waals surface area contributed by atoms with Crippen molar-refractivity contribution in [2.75, 3.05) is 24.9 Å². The van der Waals surface area contributed by atoms with Crippen molar-refractivity contribution in [3.8, 4) is 11.5 Å². The average molecular weight is 391 g/mol. The van der Waals surface area contributed by atoms with Crippen molar-refractivity contribution in [3.63, 3.8) is 0 Å². The van der Waals surface area contributed by atoms with E-state index >= 15 is 0 Å². The molecule has 0 saturated carbocycles. The summed E-state index contributed by atoms with van der Waals surface area (Å²) in [6.07, 6.45) is 1.47. The number of fused-ring (bicyclic) bond motifs is 1. The molecule has 4 rings (SSSR count). The molecule has 8 heteroatoms. The predicted molar refractivity (Wildman–Crippen MR) is 109 cm³/mol. The van der Waals surface area contributed by atoms with Crippen molar-refractivity contribution < 1.29 is 14.3 Å². The van der Waals surface area contributed by atoms with Gasteiger partial charge in [-0.05, 0) is 48.9 Å². The largest absolute Gasteiger partial charge is 0.497 e. The number of methoxy groups -OCH3 is 2. The van der Waals surface area contributed by atoms with Gasteiger partial charge in [0.25, 0.3) is 5.91 Å². The van der Waals surface area contributed by atoms with E-state index in [1.165, 1.54) is 6.33 Å². The number of rotatable bonds is 5. The van der Waals surface area contributed by atoms with Crippen LogP contribution >= 0.6 is 0 Å². The third-order valence-electron chi connectivity index (χ3n) is 4.82. The average Bonchev–Trinajstić information content (AvgIpc) is 3.21. The van der Waals surface area contributed by atoms with Crippen LogP contribution in [0.5, 0.6) is 11.5 Å². The fraction of sp³-hybridized carbons (Fsp3) is 0.190. The highest BCUT2D eigenvalue weighted by molar-refractivity contribution is 6.06. The predicted octanol–water partition coefficient (Wildman–Crippen LogP) is 3.22. The number of nitrogens with zero attached hydrogens (tertiary/aromatic N) is 3. The third-order valence-corrected chi connectivity index (χ3v) is 4.82. The summed E-state index contributed by atoms with van der Waals surface area (Å²) in [5.74, 6) is 1.83. The minimum atomic E-state index is -0.419. The zero-order chi connectivity index (χ0) is 20.4. The van der Waals surface area contributed by atoms with Gasteiger partial charge in [0.05, 0.1) is 19.8 Å². The highest BCUT2D eigenvalue weighted by Crippen LogP contribution is 2.35. The lowest BCUT2D eigenvalue weighted by Crippen LogP contribution is -2.31. The van der Waals surface area contributed by atoms with E-state index in [1.54, 1.807) is 43.2 Å². The van der Waals surface area contributed by atoms with Crippen LogP contribution in [0.4, 0.5) is 11.6 Å². The van der Waals surface area contributed by atoms with Crippen molar-refractivity contribution in [1.29, 1.82) is 0 Å². The van der Waals surface area contributed by atoms with Gasteiger partial charge in [-0.3, -0.25) is 4.79 Å². The van der Waals surface area contributed by atoms with Crippen molar-refractivity contribution in [3.05, 3.63) is 71.7 Å². The Bertz CT molecular complexity index is 1050. The van der Waals surface area contributed by atoms with E-state index in [1.807, 2.05) is 31.2 Å². The molecular weight excluding hydrogens is 370 g/mol. The number of aromatic nitrogens is 3. The Balaban J connectivity index is 1.70. The summed E-state index contributed by atoms with van der Waals surface area (Å²) < 4.78 is 12.1. The molecule has 0 spiro atoms. The van der Waals surface area contributed by atoms with Gasteiger partial charge in [0.2, 0.25) is 5.95 Å². The number of amides is 1. The van der Waals surface area contributed by atoms with Crippen LogP contribution in [0.25, 0.3) is 0 Å². The maximum atomic E-state index is 13.2. The van der Waals surface area contributed by atoms with E-state index < -0.39 is 6.04 Å². The van der Waals surface area contributed by atoms with Crippen LogP contribution in [0.1, 0.15) is 18.5 Å². The van der Waals surface area contributed by atoms with Gasteiger partial charge in [-0.15, -0.1) is 0 Å². The summed E-state index contributed by atoms with van der Waals surface area (Å²) in [6, 6.07) is 14.3. The van der Waals surface area contributed by atoms with Crippen molar-refractivity contribution in [2.45, 2.75) is 13.0 Å². The highest BCUT2D eigenvalue weighted by atomic mass is 16.5. The number of carbonyl (C=O) groups excluding carboxylic acids is 1. The Morgan fingerprint density at radius 2 is 1.66 bits per heavy atom. The quantitative estimate of drug-likeness (QED) is 0.694. The lowest BCUT2D eigenvalue weighted by Gasteiger charge is -2.28. The second-order valence-corrected chi connectivity index (χ2v) is 6.55.